The Balaban J connectivity index is 2.90. The summed E-state index contributed by atoms with van der Waals surface area (Å²) < 4.78 is 5.25. The Kier molecular flexibility index (Phi) is 5.83. The highest BCUT2D eigenvalue weighted by atomic mass is 16.5. The number of amides is 1. The van der Waals surface area contributed by atoms with Gasteiger partial charge in [0.15, 0.2) is 0 Å². The Morgan fingerprint density at radius 3 is 2.58 bits per heavy atom. The van der Waals surface area contributed by atoms with E-state index in [0.717, 1.165) is 5.56 Å². The molecule has 3 N–H and O–H groups in total. The van der Waals surface area contributed by atoms with Gasteiger partial charge >= 0.3 is 0 Å². The Bertz CT molecular complexity index is 430. The number of hydrogen-bond acceptors (Lipinski definition) is 3. The summed E-state index contributed by atoms with van der Waals surface area (Å²) in [5, 5.41) is 2.89. The number of carbonyl (C=O) groups is 1. The molecule has 0 saturated heterocycles. The van der Waals surface area contributed by atoms with Crippen molar-refractivity contribution < 1.29 is 9.53 Å². The average Bonchev–Trinajstić information content (AvgIpc) is 2.43. The van der Waals surface area contributed by atoms with E-state index in [9.17, 15) is 4.79 Å². The quantitative estimate of drug-likeness (QED) is 0.827. The summed E-state index contributed by atoms with van der Waals surface area (Å²) >= 11 is 0. The van der Waals surface area contributed by atoms with Crippen molar-refractivity contribution in [1.82, 2.24) is 5.32 Å². The van der Waals surface area contributed by atoms with Gasteiger partial charge in [-0.05, 0) is 36.1 Å². The first kappa shape index (κ1) is 15.5. The maximum absolute atomic E-state index is 12.2. The van der Waals surface area contributed by atoms with Gasteiger partial charge in [0, 0.05) is 6.54 Å². The lowest BCUT2D eigenvalue weighted by atomic mass is 10.00. The molecule has 0 spiro atoms. The van der Waals surface area contributed by atoms with Crippen molar-refractivity contribution in [3.8, 4) is 5.75 Å². The molecule has 19 heavy (non-hydrogen) atoms. The zero-order valence-electron chi connectivity index (χ0n) is 12.2. The molecule has 1 aromatic rings. The molecular weight excluding hydrogens is 240 g/mol. The predicted molar refractivity (Wildman–Crippen MR) is 77.6 cm³/mol. The summed E-state index contributed by atoms with van der Waals surface area (Å²) in [4.78, 5) is 12.2. The molecular formula is C15H24N2O2. The Labute approximate surface area is 115 Å². The number of nitrogens with two attached hydrogens (primary N) is 1. The van der Waals surface area contributed by atoms with Crippen LogP contribution in [0.5, 0.6) is 5.75 Å². The van der Waals surface area contributed by atoms with E-state index < -0.39 is 0 Å². The van der Waals surface area contributed by atoms with Crippen molar-refractivity contribution in [3.05, 3.63) is 29.3 Å². The third-order valence-electron chi connectivity index (χ3n) is 3.15. The molecule has 106 valence electrons. The van der Waals surface area contributed by atoms with Crippen LogP contribution in [-0.4, -0.2) is 26.1 Å². The lowest BCUT2D eigenvalue weighted by Gasteiger charge is -2.14. The number of rotatable bonds is 6. The van der Waals surface area contributed by atoms with Gasteiger partial charge in [-0.1, -0.05) is 26.8 Å². The normalized spacial score (nSPS) is 12.3. The fraction of sp³-hybridized carbons (Fsp3) is 0.533. The van der Waals surface area contributed by atoms with Crippen LogP contribution in [0.4, 0.5) is 0 Å². The van der Waals surface area contributed by atoms with E-state index in [2.05, 4.69) is 19.2 Å². The van der Waals surface area contributed by atoms with Gasteiger partial charge in [0.25, 0.3) is 5.91 Å². The molecule has 1 atom stereocenters. The maximum atomic E-state index is 12.2. The average molecular weight is 264 g/mol. The van der Waals surface area contributed by atoms with E-state index in [1.807, 2.05) is 25.1 Å². The van der Waals surface area contributed by atoms with E-state index in [4.69, 9.17) is 10.5 Å². The molecule has 4 heteroatoms. The van der Waals surface area contributed by atoms with Crippen LogP contribution in [0.15, 0.2) is 18.2 Å². The van der Waals surface area contributed by atoms with E-state index in [-0.39, 0.29) is 11.8 Å². The first-order valence-corrected chi connectivity index (χ1v) is 6.65. The molecule has 0 heterocycles. The van der Waals surface area contributed by atoms with E-state index in [0.29, 0.717) is 30.3 Å². The Morgan fingerprint density at radius 2 is 2.05 bits per heavy atom. The zero-order valence-corrected chi connectivity index (χ0v) is 12.2. The molecule has 1 rings (SSSR count). The molecule has 1 aromatic carbocycles. The molecule has 0 radical (unpaired) electrons. The van der Waals surface area contributed by atoms with Crippen LogP contribution in [-0.2, 0) is 0 Å². The van der Waals surface area contributed by atoms with Crippen molar-refractivity contribution in [1.29, 1.82) is 0 Å². The molecule has 0 bridgehead atoms. The molecule has 4 nitrogen and oxygen atoms in total. The fourth-order valence-corrected chi connectivity index (χ4v) is 1.71. The van der Waals surface area contributed by atoms with Gasteiger partial charge in [-0.2, -0.15) is 0 Å². The standard InChI is InChI=1S/C15H24N2O2/c1-10(2)12-5-6-14(19-4)13(7-12)15(18)17-9-11(3)8-16/h5-7,10-11H,8-9,16H2,1-4H3,(H,17,18). The minimum Gasteiger partial charge on any atom is -0.496 e. The predicted octanol–water partition coefficient (Wildman–Crippen LogP) is 2.14. The molecule has 1 amide bonds. The lowest BCUT2D eigenvalue weighted by molar-refractivity contribution is 0.0945. The molecule has 0 saturated carbocycles. The van der Waals surface area contributed by atoms with Crippen molar-refractivity contribution in [2.75, 3.05) is 20.2 Å². The van der Waals surface area contributed by atoms with Crippen molar-refractivity contribution >= 4 is 5.91 Å². The zero-order chi connectivity index (χ0) is 14.4. The third-order valence-corrected chi connectivity index (χ3v) is 3.15. The van der Waals surface area contributed by atoms with Crippen molar-refractivity contribution in [3.63, 3.8) is 0 Å². The van der Waals surface area contributed by atoms with Crippen LogP contribution in [0, 0.1) is 5.92 Å². The Hall–Kier alpha value is -1.55. The van der Waals surface area contributed by atoms with Crippen LogP contribution in [0.25, 0.3) is 0 Å². The van der Waals surface area contributed by atoms with Crippen LogP contribution < -0.4 is 15.8 Å². The molecule has 0 aromatic heterocycles. The SMILES string of the molecule is COc1ccc(C(C)C)cc1C(=O)NCC(C)CN. The summed E-state index contributed by atoms with van der Waals surface area (Å²) in [6, 6.07) is 5.73. The highest BCUT2D eigenvalue weighted by Crippen LogP contribution is 2.24. The van der Waals surface area contributed by atoms with Gasteiger partial charge in [0.05, 0.1) is 12.7 Å². The van der Waals surface area contributed by atoms with Gasteiger partial charge in [-0.15, -0.1) is 0 Å². The van der Waals surface area contributed by atoms with Crippen LogP contribution in [0.2, 0.25) is 0 Å². The number of nitrogens with one attached hydrogen (secondary N) is 1. The lowest BCUT2D eigenvalue weighted by Crippen LogP contribution is -2.31. The van der Waals surface area contributed by atoms with Crippen molar-refractivity contribution in [2.45, 2.75) is 26.7 Å². The molecule has 0 aliphatic heterocycles. The number of methoxy groups -OCH3 is 1. The van der Waals surface area contributed by atoms with Gasteiger partial charge in [-0.25, -0.2) is 0 Å². The van der Waals surface area contributed by atoms with Gasteiger partial charge < -0.3 is 15.8 Å². The highest BCUT2D eigenvalue weighted by Gasteiger charge is 2.14. The van der Waals surface area contributed by atoms with Gasteiger partial charge in [0.1, 0.15) is 5.75 Å². The monoisotopic (exact) mass is 264 g/mol. The number of benzene rings is 1. The second-order valence-electron chi connectivity index (χ2n) is 5.17. The first-order valence-electron chi connectivity index (χ1n) is 6.65. The van der Waals surface area contributed by atoms with E-state index in [1.165, 1.54) is 0 Å². The minimum absolute atomic E-state index is 0.111. The second-order valence-corrected chi connectivity index (χ2v) is 5.17. The second kappa shape index (κ2) is 7.14. The molecule has 0 aliphatic rings. The fourth-order valence-electron chi connectivity index (χ4n) is 1.71. The van der Waals surface area contributed by atoms with Crippen LogP contribution in [0.3, 0.4) is 0 Å². The molecule has 0 aliphatic carbocycles. The van der Waals surface area contributed by atoms with E-state index in [1.54, 1.807) is 7.11 Å². The van der Waals surface area contributed by atoms with Crippen molar-refractivity contribution in [2.24, 2.45) is 11.7 Å². The summed E-state index contributed by atoms with van der Waals surface area (Å²) in [6.07, 6.45) is 0. The summed E-state index contributed by atoms with van der Waals surface area (Å²) in [7, 11) is 1.57. The Morgan fingerprint density at radius 1 is 1.37 bits per heavy atom. The smallest absolute Gasteiger partial charge is 0.255 e. The van der Waals surface area contributed by atoms with E-state index >= 15 is 0 Å². The first-order chi connectivity index (χ1) is 8.99. The minimum atomic E-state index is -0.111. The largest absolute Gasteiger partial charge is 0.496 e. The third kappa shape index (κ3) is 4.24. The van der Waals surface area contributed by atoms with Crippen LogP contribution >= 0.6 is 0 Å². The molecule has 0 fully saturated rings. The number of ether oxygens (including phenoxy) is 1. The van der Waals surface area contributed by atoms with Crippen LogP contribution in [0.1, 0.15) is 42.6 Å². The maximum Gasteiger partial charge on any atom is 0.255 e. The van der Waals surface area contributed by atoms with Gasteiger partial charge in [0.2, 0.25) is 0 Å². The van der Waals surface area contributed by atoms with Gasteiger partial charge in [-0.3, -0.25) is 4.79 Å². The number of carbonyl (C=O) groups excluding carboxylic acids is 1. The summed E-state index contributed by atoms with van der Waals surface area (Å²) in [5.41, 5.74) is 7.25. The molecule has 1 unspecified atom stereocenters. The topological polar surface area (TPSA) is 64.3 Å². The summed E-state index contributed by atoms with van der Waals surface area (Å²) in [5.74, 6) is 1.13. The highest BCUT2D eigenvalue weighted by molar-refractivity contribution is 5.97. The number of hydrogen-bond donors (Lipinski definition) is 2. The summed E-state index contributed by atoms with van der Waals surface area (Å²) in [6.45, 7) is 7.33.